The molecule has 8 nitrogen and oxygen atoms in total. The zero-order chi connectivity index (χ0) is 20.3. The molecule has 2 aromatic rings. The van der Waals surface area contributed by atoms with Gasteiger partial charge in [-0.25, -0.2) is 4.98 Å². The number of rotatable bonds is 7. The van der Waals surface area contributed by atoms with Crippen LogP contribution in [0, 0.1) is 0 Å². The first-order chi connectivity index (χ1) is 13.3. The molecular formula is C18H24N4O4S2. The lowest BCUT2D eigenvalue weighted by Crippen LogP contribution is -2.42. The highest BCUT2D eigenvalue weighted by atomic mass is 32.2. The number of benzene rings is 1. The van der Waals surface area contributed by atoms with Gasteiger partial charge in [0.05, 0.1) is 25.3 Å². The van der Waals surface area contributed by atoms with E-state index in [2.05, 4.69) is 10.3 Å². The van der Waals surface area contributed by atoms with Crippen molar-refractivity contribution in [2.45, 2.75) is 26.3 Å². The Kier molecular flexibility index (Phi) is 6.33. The van der Waals surface area contributed by atoms with E-state index in [9.17, 15) is 13.2 Å². The molecule has 0 saturated heterocycles. The van der Waals surface area contributed by atoms with Crippen molar-refractivity contribution in [3.8, 4) is 5.75 Å². The molecule has 28 heavy (non-hydrogen) atoms. The molecule has 1 aromatic heterocycles. The quantitative estimate of drug-likeness (QED) is 0.733. The molecule has 0 spiro atoms. The number of nitrogens with one attached hydrogen (secondary N) is 1. The van der Waals surface area contributed by atoms with Crippen LogP contribution in [0.5, 0.6) is 5.75 Å². The van der Waals surface area contributed by atoms with Gasteiger partial charge in [-0.05, 0) is 24.6 Å². The minimum atomic E-state index is -3.46. The monoisotopic (exact) mass is 424 g/mol. The highest BCUT2D eigenvalue weighted by Crippen LogP contribution is 2.30. The molecule has 0 atom stereocenters. The molecule has 2 heterocycles. The number of amides is 1. The summed E-state index contributed by atoms with van der Waals surface area (Å²) >= 11 is 1.33. The summed E-state index contributed by atoms with van der Waals surface area (Å²) in [7, 11) is -0.421. The standard InChI is InChI=1S/C18H24N4O4S2/c1-4-26-14-7-5-13(6-8-14)11-17(23)20-18-19-15-9-10-22(12-16(15)27-18)28(24,25)21(2)3/h5-8H,4,9-12H2,1-3H3,(H,19,20,23). The summed E-state index contributed by atoms with van der Waals surface area (Å²) < 4.78 is 32.6. The minimum Gasteiger partial charge on any atom is -0.494 e. The summed E-state index contributed by atoms with van der Waals surface area (Å²) in [5.41, 5.74) is 1.73. The van der Waals surface area contributed by atoms with Gasteiger partial charge in [-0.2, -0.15) is 17.0 Å². The van der Waals surface area contributed by atoms with Crippen LogP contribution in [0.4, 0.5) is 5.13 Å². The third-order valence-electron chi connectivity index (χ3n) is 4.33. The van der Waals surface area contributed by atoms with Gasteiger partial charge >= 0.3 is 0 Å². The Balaban J connectivity index is 1.62. The first-order valence-electron chi connectivity index (χ1n) is 8.97. The van der Waals surface area contributed by atoms with Gasteiger partial charge in [0.2, 0.25) is 5.91 Å². The van der Waals surface area contributed by atoms with Gasteiger partial charge in [0.1, 0.15) is 5.75 Å². The summed E-state index contributed by atoms with van der Waals surface area (Å²) in [6.07, 6.45) is 0.769. The average Bonchev–Trinajstić information content (AvgIpc) is 3.04. The van der Waals surface area contributed by atoms with Crippen LogP contribution in [0.25, 0.3) is 0 Å². The summed E-state index contributed by atoms with van der Waals surface area (Å²) in [6.45, 7) is 3.19. The number of aromatic nitrogens is 1. The predicted octanol–water partition coefficient (Wildman–Crippen LogP) is 1.89. The second kappa shape index (κ2) is 8.56. The number of carbonyl (C=O) groups excluding carboxylic acids is 1. The van der Waals surface area contributed by atoms with Gasteiger partial charge in [0.25, 0.3) is 10.2 Å². The fourth-order valence-corrected chi connectivity index (χ4v) is 5.07. The van der Waals surface area contributed by atoms with E-state index in [1.165, 1.54) is 34.0 Å². The second-order valence-corrected chi connectivity index (χ2v) is 9.79. The summed E-state index contributed by atoms with van der Waals surface area (Å²) in [5, 5.41) is 3.33. The highest BCUT2D eigenvalue weighted by Gasteiger charge is 2.30. The van der Waals surface area contributed by atoms with Crippen LogP contribution in [0.15, 0.2) is 24.3 Å². The first kappa shape index (κ1) is 20.7. The van der Waals surface area contributed by atoms with Gasteiger partial charge in [0, 0.05) is 31.9 Å². The van der Waals surface area contributed by atoms with Crippen molar-refractivity contribution in [3.05, 3.63) is 40.4 Å². The number of thiazole rings is 1. The molecule has 1 N–H and O–H groups in total. The maximum absolute atomic E-state index is 12.3. The topological polar surface area (TPSA) is 91.8 Å². The minimum absolute atomic E-state index is 0.159. The Morgan fingerprint density at radius 3 is 2.68 bits per heavy atom. The summed E-state index contributed by atoms with van der Waals surface area (Å²) in [5.74, 6) is 0.615. The van der Waals surface area contributed by atoms with Crippen LogP contribution in [0.1, 0.15) is 23.1 Å². The molecule has 1 amide bonds. The second-order valence-electron chi connectivity index (χ2n) is 6.56. The lowest BCUT2D eigenvalue weighted by atomic mass is 10.1. The fraction of sp³-hybridized carbons (Fsp3) is 0.444. The van der Waals surface area contributed by atoms with E-state index in [4.69, 9.17) is 4.74 Å². The van der Waals surface area contributed by atoms with Crippen LogP contribution >= 0.6 is 11.3 Å². The molecule has 10 heteroatoms. The SMILES string of the molecule is CCOc1ccc(CC(=O)Nc2nc3c(s2)CN(S(=O)(=O)N(C)C)CC3)cc1. The van der Waals surface area contributed by atoms with E-state index in [0.29, 0.717) is 24.7 Å². The lowest BCUT2D eigenvalue weighted by molar-refractivity contribution is -0.115. The van der Waals surface area contributed by atoms with E-state index in [-0.39, 0.29) is 18.9 Å². The third kappa shape index (κ3) is 4.69. The first-order valence-corrected chi connectivity index (χ1v) is 11.2. The number of nitrogens with zero attached hydrogens (tertiary/aromatic N) is 3. The smallest absolute Gasteiger partial charge is 0.281 e. The zero-order valence-electron chi connectivity index (χ0n) is 16.1. The molecule has 0 aliphatic carbocycles. The molecular weight excluding hydrogens is 400 g/mol. The van der Waals surface area contributed by atoms with Crippen molar-refractivity contribution in [2.24, 2.45) is 0 Å². The Labute approximate surface area is 169 Å². The van der Waals surface area contributed by atoms with Crippen molar-refractivity contribution in [2.75, 3.05) is 32.6 Å². The highest BCUT2D eigenvalue weighted by molar-refractivity contribution is 7.86. The Bertz CT molecular complexity index is 939. The van der Waals surface area contributed by atoms with Crippen molar-refractivity contribution in [1.82, 2.24) is 13.6 Å². The summed E-state index contributed by atoms with van der Waals surface area (Å²) in [6, 6.07) is 7.41. The van der Waals surface area contributed by atoms with Crippen molar-refractivity contribution in [3.63, 3.8) is 0 Å². The number of ether oxygens (including phenoxy) is 1. The molecule has 0 bridgehead atoms. The maximum atomic E-state index is 12.3. The van der Waals surface area contributed by atoms with E-state index in [1.54, 1.807) is 0 Å². The normalized spacial score (nSPS) is 14.7. The van der Waals surface area contributed by atoms with Gasteiger partial charge < -0.3 is 10.1 Å². The Hall–Kier alpha value is -2.01. The zero-order valence-corrected chi connectivity index (χ0v) is 17.8. The van der Waals surface area contributed by atoms with Crippen LogP contribution in [0.3, 0.4) is 0 Å². The number of carbonyl (C=O) groups is 1. The van der Waals surface area contributed by atoms with Gasteiger partial charge in [-0.1, -0.05) is 12.1 Å². The number of anilines is 1. The van der Waals surface area contributed by atoms with E-state index < -0.39 is 10.2 Å². The number of hydrogen-bond donors (Lipinski definition) is 1. The molecule has 0 saturated carbocycles. The van der Waals surface area contributed by atoms with Crippen LogP contribution in [0.2, 0.25) is 0 Å². The predicted molar refractivity (Wildman–Crippen MR) is 109 cm³/mol. The largest absolute Gasteiger partial charge is 0.494 e. The fourth-order valence-electron chi connectivity index (χ4n) is 2.87. The van der Waals surface area contributed by atoms with Gasteiger partial charge in [-0.3, -0.25) is 4.79 Å². The van der Waals surface area contributed by atoms with E-state index >= 15 is 0 Å². The summed E-state index contributed by atoms with van der Waals surface area (Å²) in [4.78, 5) is 17.7. The van der Waals surface area contributed by atoms with Crippen molar-refractivity contribution >= 4 is 32.6 Å². The molecule has 1 aliphatic heterocycles. The van der Waals surface area contributed by atoms with Crippen molar-refractivity contribution < 1.29 is 17.9 Å². The molecule has 0 fully saturated rings. The number of fused-ring (bicyclic) bond motifs is 1. The maximum Gasteiger partial charge on any atom is 0.281 e. The molecule has 0 unspecified atom stereocenters. The lowest BCUT2D eigenvalue weighted by Gasteiger charge is -2.27. The molecule has 1 aromatic carbocycles. The molecule has 3 rings (SSSR count). The van der Waals surface area contributed by atoms with Crippen LogP contribution < -0.4 is 10.1 Å². The van der Waals surface area contributed by atoms with Gasteiger partial charge in [0.15, 0.2) is 5.13 Å². The van der Waals surface area contributed by atoms with E-state index in [0.717, 1.165) is 21.9 Å². The third-order valence-corrected chi connectivity index (χ3v) is 7.21. The van der Waals surface area contributed by atoms with Crippen LogP contribution in [-0.2, 0) is 34.4 Å². The Morgan fingerprint density at radius 2 is 2.04 bits per heavy atom. The van der Waals surface area contributed by atoms with Crippen LogP contribution in [-0.4, -0.2) is 55.2 Å². The molecule has 1 aliphatic rings. The molecule has 152 valence electrons. The van der Waals surface area contributed by atoms with E-state index in [1.807, 2.05) is 31.2 Å². The Morgan fingerprint density at radius 1 is 1.32 bits per heavy atom. The van der Waals surface area contributed by atoms with Crippen molar-refractivity contribution in [1.29, 1.82) is 0 Å². The molecule has 0 radical (unpaired) electrons. The number of hydrogen-bond acceptors (Lipinski definition) is 6. The van der Waals surface area contributed by atoms with Gasteiger partial charge in [-0.15, -0.1) is 11.3 Å². The average molecular weight is 425 g/mol.